The van der Waals surface area contributed by atoms with Gasteiger partial charge in [0.05, 0.1) is 39.7 Å². The quantitative estimate of drug-likeness (QED) is 0.274. The molecule has 188 valence electrons. The van der Waals surface area contributed by atoms with Gasteiger partial charge in [-0.25, -0.2) is 5.43 Å². The smallest absolute Gasteiger partial charge is 0.257 e. The first-order valence-corrected chi connectivity index (χ1v) is 11.8. The summed E-state index contributed by atoms with van der Waals surface area (Å²) in [6, 6.07) is 14.2. The van der Waals surface area contributed by atoms with Crippen LogP contribution in [0.1, 0.15) is 35.2 Å². The monoisotopic (exact) mass is 482 g/mol. The van der Waals surface area contributed by atoms with Crippen molar-refractivity contribution in [3.8, 4) is 11.5 Å². The lowest BCUT2D eigenvalue weighted by molar-refractivity contribution is -0.128. The molecule has 0 aliphatic carbocycles. The SMILES string of the molecule is COc1ccc(C=NNC(=O)C(CCCCNC(=O)c2ccccc2)N2CCOCC2)cc1OC. The third kappa shape index (κ3) is 8.08. The number of methoxy groups -OCH3 is 2. The molecule has 0 radical (unpaired) electrons. The standard InChI is InChI=1S/C26H34N4O5/c1-33-23-12-11-20(18-24(23)34-2)19-28-29-26(32)22(30-14-16-35-17-15-30)10-6-7-13-27-25(31)21-8-4-3-5-9-21/h3-5,8-9,11-12,18-19,22H,6-7,10,13-17H2,1-2H3,(H,27,31)(H,29,32). The number of carbonyl (C=O) groups is 2. The van der Waals surface area contributed by atoms with E-state index in [2.05, 4.69) is 20.7 Å². The van der Waals surface area contributed by atoms with E-state index >= 15 is 0 Å². The molecule has 3 rings (SSSR count). The first-order valence-electron chi connectivity index (χ1n) is 11.8. The molecule has 1 unspecified atom stereocenters. The molecule has 0 saturated carbocycles. The van der Waals surface area contributed by atoms with Crippen LogP contribution in [-0.2, 0) is 9.53 Å². The summed E-state index contributed by atoms with van der Waals surface area (Å²) in [7, 11) is 3.15. The van der Waals surface area contributed by atoms with Crippen molar-refractivity contribution < 1.29 is 23.8 Å². The Morgan fingerprint density at radius 1 is 1.06 bits per heavy atom. The number of carbonyl (C=O) groups excluding carboxylic acids is 2. The van der Waals surface area contributed by atoms with Gasteiger partial charge < -0.3 is 19.5 Å². The molecule has 0 spiro atoms. The van der Waals surface area contributed by atoms with Crippen LogP contribution in [0, 0.1) is 0 Å². The van der Waals surface area contributed by atoms with Crippen molar-refractivity contribution in [3.05, 3.63) is 59.7 Å². The van der Waals surface area contributed by atoms with Crippen molar-refractivity contribution in [3.63, 3.8) is 0 Å². The summed E-state index contributed by atoms with van der Waals surface area (Å²) < 4.78 is 16.0. The van der Waals surface area contributed by atoms with Gasteiger partial charge in [0.1, 0.15) is 0 Å². The fourth-order valence-corrected chi connectivity index (χ4v) is 3.90. The Kier molecular flexibility index (Phi) is 10.5. The third-order valence-corrected chi connectivity index (χ3v) is 5.81. The van der Waals surface area contributed by atoms with Gasteiger partial charge in [0, 0.05) is 25.2 Å². The van der Waals surface area contributed by atoms with E-state index in [1.165, 1.54) is 0 Å². The molecule has 9 nitrogen and oxygen atoms in total. The van der Waals surface area contributed by atoms with Crippen molar-refractivity contribution in [2.24, 2.45) is 5.10 Å². The molecular formula is C26H34N4O5. The summed E-state index contributed by atoms with van der Waals surface area (Å²) in [4.78, 5) is 27.3. The number of amides is 2. The average Bonchev–Trinajstić information content (AvgIpc) is 2.91. The minimum absolute atomic E-state index is 0.0856. The van der Waals surface area contributed by atoms with Gasteiger partial charge in [-0.1, -0.05) is 18.2 Å². The number of ether oxygens (including phenoxy) is 3. The Hall–Kier alpha value is -3.43. The van der Waals surface area contributed by atoms with Crippen molar-refractivity contribution in [1.29, 1.82) is 0 Å². The molecule has 0 bridgehead atoms. The predicted octanol–water partition coefficient (Wildman–Crippen LogP) is 2.46. The second kappa shape index (κ2) is 14.1. The van der Waals surface area contributed by atoms with E-state index in [9.17, 15) is 9.59 Å². The van der Waals surface area contributed by atoms with Crippen molar-refractivity contribution in [2.45, 2.75) is 25.3 Å². The minimum Gasteiger partial charge on any atom is -0.493 e. The maximum Gasteiger partial charge on any atom is 0.257 e. The highest BCUT2D eigenvalue weighted by molar-refractivity contribution is 5.94. The fraction of sp³-hybridized carbons (Fsp3) is 0.423. The van der Waals surface area contributed by atoms with Crippen LogP contribution in [0.2, 0.25) is 0 Å². The van der Waals surface area contributed by atoms with Crippen LogP contribution in [0.3, 0.4) is 0 Å². The highest BCUT2D eigenvalue weighted by Gasteiger charge is 2.26. The Labute approximate surface area is 206 Å². The third-order valence-electron chi connectivity index (χ3n) is 5.81. The molecule has 1 aliphatic heterocycles. The number of nitrogens with one attached hydrogen (secondary N) is 2. The van der Waals surface area contributed by atoms with E-state index in [0.29, 0.717) is 56.3 Å². The summed E-state index contributed by atoms with van der Waals surface area (Å²) >= 11 is 0. The number of unbranched alkanes of at least 4 members (excludes halogenated alkanes) is 1. The van der Waals surface area contributed by atoms with Crippen LogP contribution >= 0.6 is 0 Å². The van der Waals surface area contributed by atoms with Gasteiger partial charge in [-0.3, -0.25) is 14.5 Å². The molecule has 1 aliphatic rings. The Balaban J connectivity index is 1.51. The van der Waals surface area contributed by atoms with Crippen LogP contribution < -0.4 is 20.2 Å². The van der Waals surface area contributed by atoms with Crippen LogP contribution in [-0.4, -0.2) is 76.0 Å². The fourth-order valence-electron chi connectivity index (χ4n) is 3.90. The summed E-state index contributed by atoms with van der Waals surface area (Å²) in [6.45, 7) is 3.16. The zero-order valence-electron chi connectivity index (χ0n) is 20.4. The largest absolute Gasteiger partial charge is 0.493 e. The molecular weight excluding hydrogens is 448 g/mol. The average molecular weight is 483 g/mol. The number of nitrogens with zero attached hydrogens (tertiary/aromatic N) is 2. The molecule has 0 aromatic heterocycles. The van der Waals surface area contributed by atoms with Gasteiger partial charge in [0.2, 0.25) is 0 Å². The van der Waals surface area contributed by atoms with Gasteiger partial charge in [-0.2, -0.15) is 5.10 Å². The number of hydrazone groups is 1. The number of morpholine rings is 1. The lowest BCUT2D eigenvalue weighted by Gasteiger charge is -2.33. The van der Waals surface area contributed by atoms with E-state index < -0.39 is 0 Å². The molecule has 2 aromatic carbocycles. The zero-order valence-corrected chi connectivity index (χ0v) is 20.4. The zero-order chi connectivity index (χ0) is 24.9. The minimum atomic E-state index is -0.314. The number of benzene rings is 2. The molecule has 1 fully saturated rings. The van der Waals surface area contributed by atoms with Gasteiger partial charge >= 0.3 is 0 Å². The Morgan fingerprint density at radius 3 is 2.51 bits per heavy atom. The summed E-state index contributed by atoms with van der Waals surface area (Å²) in [5, 5.41) is 7.09. The van der Waals surface area contributed by atoms with E-state index in [0.717, 1.165) is 18.4 Å². The molecule has 35 heavy (non-hydrogen) atoms. The second-order valence-electron chi connectivity index (χ2n) is 8.13. The lowest BCUT2D eigenvalue weighted by Crippen LogP contribution is -2.50. The van der Waals surface area contributed by atoms with Gasteiger partial charge in [0.15, 0.2) is 11.5 Å². The van der Waals surface area contributed by atoms with E-state index in [1.54, 1.807) is 44.7 Å². The molecule has 1 heterocycles. The number of hydrogen-bond acceptors (Lipinski definition) is 7. The maximum absolute atomic E-state index is 13.0. The van der Waals surface area contributed by atoms with E-state index in [1.807, 2.05) is 24.3 Å². The predicted molar refractivity (Wildman–Crippen MR) is 134 cm³/mol. The lowest BCUT2D eigenvalue weighted by atomic mass is 10.1. The molecule has 1 atom stereocenters. The van der Waals surface area contributed by atoms with Crippen molar-refractivity contribution >= 4 is 18.0 Å². The van der Waals surface area contributed by atoms with E-state index in [-0.39, 0.29) is 17.9 Å². The highest BCUT2D eigenvalue weighted by Crippen LogP contribution is 2.26. The molecule has 2 aromatic rings. The first-order chi connectivity index (χ1) is 17.1. The summed E-state index contributed by atoms with van der Waals surface area (Å²) in [6.07, 6.45) is 3.82. The summed E-state index contributed by atoms with van der Waals surface area (Å²) in [5.74, 6) is 0.976. The van der Waals surface area contributed by atoms with Crippen molar-refractivity contribution in [2.75, 3.05) is 47.1 Å². The first kappa shape index (κ1) is 26.2. The molecule has 2 amide bonds. The highest BCUT2D eigenvalue weighted by atomic mass is 16.5. The molecule has 9 heteroatoms. The van der Waals surface area contributed by atoms with Crippen molar-refractivity contribution in [1.82, 2.24) is 15.6 Å². The topological polar surface area (TPSA) is 101 Å². The Morgan fingerprint density at radius 2 is 1.80 bits per heavy atom. The van der Waals surface area contributed by atoms with E-state index in [4.69, 9.17) is 14.2 Å². The van der Waals surface area contributed by atoms with Gasteiger partial charge in [-0.15, -0.1) is 0 Å². The Bertz CT molecular complexity index is 977. The normalized spacial score (nSPS) is 14.9. The van der Waals surface area contributed by atoms with Gasteiger partial charge in [-0.05, 0) is 55.2 Å². The van der Waals surface area contributed by atoms with Crippen LogP contribution in [0.15, 0.2) is 53.6 Å². The molecule has 2 N–H and O–H groups in total. The summed E-state index contributed by atoms with van der Waals surface area (Å²) in [5.41, 5.74) is 4.10. The van der Waals surface area contributed by atoms with Gasteiger partial charge in [0.25, 0.3) is 11.8 Å². The van der Waals surface area contributed by atoms with Crippen LogP contribution in [0.5, 0.6) is 11.5 Å². The molecule has 1 saturated heterocycles. The second-order valence-corrected chi connectivity index (χ2v) is 8.13. The number of rotatable bonds is 12. The number of hydrogen-bond donors (Lipinski definition) is 2. The van der Waals surface area contributed by atoms with Crippen LogP contribution in [0.25, 0.3) is 0 Å². The maximum atomic E-state index is 13.0. The van der Waals surface area contributed by atoms with Crippen LogP contribution in [0.4, 0.5) is 0 Å².